The maximum Gasteiger partial charge on any atom is 0.165 e. The van der Waals surface area contributed by atoms with Crippen molar-refractivity contribution in [2.75, 3.05) is 0 Å². The molecule has 9 rings (SSSR count). The van der Waals surface area contributed by atoms with Crippen LogP contribution in [0.25, 0.3) is 82.1 Å². The van der Waals surface area contributed by atoms with Crippen LogP contribution in [0.4, 0.5) is 0 Å². The Balaban J connectivity index is 1.57. The maximum atomic E-state index is 6.20. The minimum atomic E-state index is 0.899. The minimum absolute atomic E-state index is 0.899. The van der Waals surface area contributed by atoms with Crippen LogP contribution >= 0.6 is 0 Å². The molecule has 0 amide bonds. The summed E-state index contributed by atoms with van der Waals surface area (Å²) < 4.78 is 8.49. The number of benzene rings is 5. The van der Waals surface area contributed by atoms with Gasteiger partial charge in [0.1, 0.15) is 16.7 Å². The van der Waals surface area contributed by atoms with E-state index in [0.29, 0.717) is 0 Å². The van der Waals surface area contributed by atoms with Crippen LogP contribution in [0.3, 0.4) is 0 Å². The Kier molecular flexibility index (Phi) is 2.78. The molecule has 0 bridgehead atoms. The number of hydrogen-bond acceptors (Lipinski definition) is 3. The van der Waals surface area contributed by atoms with E-state index in [0.717, 1.165) is 60.4 Å². The largest absolute Gasteiger partial charge is 0.456 e. The number of aromatic nitrogens is 3. The van der Waals surface area contributed by atoms with Gasteiger partial charge in [0.05, 0.1) is 22.1 Å². The van der Waals surface area contributed by atoms with Gasteiger partial charge in [-0.3, -0.25) is 4.40 Å². The van der Waals surface area contributed by atoms with Crippen molar-refractivity contribution in [2.24, 2.45) is 0 Å². The molecule has 4 heteroatoms. The van der Waals surface area contributed by atoms with E-state index in [1.807, 2.05) is 12.1 Å². The molecule has 0 aliphatic rings. The van der Waals surface area contributed by atoms with Crippen LogP contribution in [0.15, 0.2) is 95.4 Å². The van der Waals surface area contributed by atoms with Gasteiger partial charge < -0.3 is 4.42 Å². The molecule has 4 nitrogen and oxygen atoms in total. The summed E-state index contributed by atoms with van der Waals surface area (Å²) in [6.45, 7) is 0. The maximum absolute atomic E-state index is 6.20. The van der Waals surface area contributed by atoms with E-state index in [1.165, 1.54) is 21.7 Å². The summed E-state index contributed by atoms with van der Waals surface area (Å²) in [5, 5.41) is 8.17. The fraction of sp³-hybridized carbons (Fsp3) is 0. The average Bonchev–Trinajstić information content (AvgIpc) is 3.53. The monoisotopic (exact) mass is 433 g/mol. The van der Waals surface area contributed by atoms with Gasteiger partial charge in [0.25, 0.3) is 0 Å². The first kappa shape index (κ1) is 16.9. The molecule has 0 unspecified atom stereocenters. The molecule has 0 N–H and O–H groups in total. The van der Waals surface area contributed by atoms with Gasteiger partial charge in [-0.25, -0.2) is 9.97 Å². The van der Waals surface area contributed by atoms with Crippen LogP contribution in [-0.4, -0.2) is 14.4 Å². The molecule has 0 atom stereocenters. The van der Waals surface area contributed by atoms with Crippen molar-refractivity contribution >= 4 is 82.1 Å². The normalized spacial score (nSPS) is 12.7. The highest BCUT2D eigenvalue weighted by atomic mass is 16.3. The summed E-state index contributed by atoms with van der Waals surface area (Å²) in [5.41, 5.74) is 7.84. The van der Waals surface area contributed by atoms with Gasteiger partial charge >= 0.3 is 0 Å². The highest BCUT2D eigenvalue weighted by Crippen LogP contribution is 2.43. The van der Waals surface area contributed by atoms with Crippen molar-refractivity contribution in [3.63, 3.8) is 0 Å². The summed E-state index contributed by atoms with van der Waals surface area (Å²) in [5.74, 6) is 0. The first-order chi connectivity index (χ1) is 16.9. The van der Waals surface area contributed by atoms with Gasteiger partial charge in [0.15, 0.2) is 5.65 Å². The second-order valence-electron chi connectivity index (χ2n) is 9.02. The molecular weight excluding hydrogens is 418 g/mol. The summed E-state index contributed by atoms with van der Waals surface area (Å²) in [6.07, 6.45) is 0. The Morgan fingerprint density at radius 2 is 1.38 bits per heavy atom. The van der Waals surface area contributed by atoms with Crippen molar-refractivity contribution in [1.29, 1.82) is 0 Å². The zero-order valence-electron chi connectivity index (χ0n) is 17.9. The standard InChI is InChI=1S/C30H15N3O/c1-2-7-17-16(6-1)12-13-21-27(17)32-28-20-10-5-9-19-25-22(33(29(19)20)30(28)31-21)14-15-24-26(25)18-8-3-4-11-23(18)34-24/h1-15H. The lowest BCUT2D eigenvalue weighted by atomic mass is 10.0. The number of nitrogens with zero attached hydrogens (tertiary/aromatic N) is 3. The molecule has 0 aliphatic carbocycles. The van der Waals surface area contributed by atoms with Gasteiger partial charge in [-0.1, -0.05) is 66.7 Å². The lowest BCUT2D eigenvalue weighted by Gasteiger charge is -2.04. The highest BCUT2D eigenvalue weighted by Gasteiger charge is 2.22. The van der Waals surface area contributed by atoms with Crippen molar-refractivity contribution in [1.82, 2.24) is 14.4 Å². The molecule has 9 aromatic rings. The highest BCUT2D eigenvalue weighted by molar-refractivity contribution is 6.31. The molecule has 0 radical (unpaired) electrons. The third-order valence-electron chi connectivity index (χ3n) is 7.30. The van der Waals surface area contributed by atoms with Crippen molar-refractivity contribution in [2.45, 2.75) is 0 Å². The minimum Gasteiger partial charge on any atom is -0.456 e. The molecule has 0 saturated carbocycles. The Bertz CT molecular complexity index is 2290. The molecule has 4 aromatic heterocycles. The average molecular weight is 433 g/mol. The van der Waals surface area contributed by atoms with Crippen molar-refractivity contribution < 1.29 is 4.42 Å². The van der Waals surface area contributed by atoms with E-state index in [2.05, 4.69) is 83.3 Å². The Morgan fingerprint density at radius 1 is 0.559 bits per heavy atom. The lowest BCUT2D eigenvalue weighted by molar-refractivity contribution is 0.669. The zero-order chi connectivity index (χ0) is 22.0. The van der Waals surface area contributed by atoms with Crippen molar-refractivity contribution in [3.8, 4) is 0 Å². The number of furan rings is 1. The van der Waals surface area contributed by atoms with Gasteiger partial charge in [-0.15, -0.1) is 0 Å². The summed E-state index contributed by atoms with van der Waals surface area (Å²) in [4.78, 5) is 10.4. The van der Waals surface area contributed by atoms with Crippen LogP contribution < -0.4 is 0 Å². The Morgan fingerprint density at radius 3 is 2.35 bits per heavy atom. The fourth-order valence-electron chi connectivity index (χ4n) is 5.90. The molecule has 4 heterocycles. The molecule has 0 saturated heterocycles. The van der Waals surface area contributed by atoms with Gasteiger partial charge in [-0.05, 0) is 29.7 Å². The molecule has 156 valence electrons. The second-order valence-corrected chi connectivity index (χ2v) is 9.02. The van der Waals surface area contributed by atoms with Crippen LogP contribution in [0.5, 0.6) is 0 Å². The van der Waals surface area contributed by atoms with Crippen LogP contribution in [-0.2, 0) is 0 Å². The predicted molar refractivity (Wildman–Crippen MR) is 139 cm³/mol. The topological polar surface area (TPSA) is 43.3 Å². The fourth-order valence-corrected chi connectivity index (χ4v) is 5.90. The number of fused-ring (bicyclic) bond motifs is 13. The van der Waals surface area contributed by atoms with Gasteiger partial charge in [-0.2, -0.15) is 0 Å². The molecule has 5 aromatic carbocycles. The smallest absolute Gasteiger partial charge is 0.165 e. The van der Waals surface area contributed by atoms with Crippen LogP contribution in [0.1, 0.15) is 0 Å². The Hall–Kier alpha value is -4.70. The van der Waals surface area contributed by atoms with Crippen LogP contribution in [0.2, 0.25) is 0 Å². The molecular formula is C30H15N3O. The van der Waals surface area contributed by atoms with Gasteiger partial charge in [0, 0.05) is 32.3 Å². The summed E-state index contributed by atoms with van der Waals surface area (Å²) in [6, 6.07) is 31.6. The second kappa shape index (κ2) is 5.61. The summed E-state index contributed by atoms with van der Waals surface area (Å²) in [7, 11) is 0. The van der Waals surface area contributed by atoms with E-state index >= 15 is 0 Å². The van der Waals surface area contributed by atoms with Crippen molar-refractivity contribution in [3.05, 3.63) is 91.0 Å². The quantitative estimate of drug-likeness (QED) is 0.229. The first-order valence-corrected chi connectivity index (χ1v) is 11.4. The van der Waals surface area contributed by atoms with E-state index in [9.17, 15) is 0 Å². The molecule has 0 spiro atoms. The molecule has 0 fully saturated rings. The predicted octanol–water partition coefficient (Wildman–Crippen LogP) is 7.83. The van der Waals surface area contributed by atoms with E-state index < -0.39 is 0 Å². The van der Waals surface area contributed by atoms with E-state index in [-0.39, 0.29) is 0 Å². The SMILES string of the molecule is c1ccc2c(c1)ccc1nc3c(nc12)c1cccc2c4c5c(ccc4n3c12)oc1ccccc15. The molecule has 34 heavy (non-hydrogen) atoms. The third-order valence-corrected chi connectivity index (χ3v) is 7.30. The first-order valence-electron chi connectivity index (χ1n) is 11.4. The Labute approximate surface area is 192 Å². The summed E-state index contributed by atoms with van der Waals surface area (Å²) >= 11 is 0. The lowest BCUT2D eigenvalue weighted by Crippen LogP contribution is -1.90. The van der Waals surface area contributed by atoms with E-state index in [4.69, 9.17) is 14.4 Å². The molecule has 0 aliphatic heterocycles. The van der Waals surface area contributed by atoms with Gasteiger partial charge in [0.2, 0.25) is 0 Å². The van der Waals surface area contributed by atoms with E-state index in [1.54, 1.807) is 0 Å². The third kappa shape index (κ3) is 1.84. The number of hydrogen-bond donors (Lipinski definition) is 0. The number of para-hydroxylation sites is 2. The zero-order valence-corrected chi connectivity index (χ0v) is 17.9. The van der Waals surface area contributed by atoms with Crippen LogP contribution in [0, 0.1) is 0 Å². The number of rotatable bonds is 0.